The van der Waals surface area contributed by atoms with Crippen molar-refractivity contribution in [3.05, 3.63) is 50.7 Å². The van der Waals surface area contributed by atoms with Crippen molar-refractivity contribution >= 4 is 34.5 Å². The maximum atomic E-state index is 12.3. The van der Waals surface area contributed by atoms with Crippen LogP contribution >= 0.6 is 22.9 Å². The van der Waals surface area contributed by atoms with Crippen molar-refractivity contribution in [2.24, 2.45) is 0 Å². The second-order valence-electron chi connectivity index (χ2n) is 5.25. The van der Waals surface area contributed by atoms with Gasteiger partial charge in [-0.05, 0) is 48.1 Å². The predicted octanol–water partition coefficient (Wildman–Crippen LogP) is 3.71. The van der Waals surface area contributed by atoms with Gasteiger partial charge in [0.05, 0.1) is 6.54 Å². The molecule has 1 N–H and O–H groups in total. The van der Waals surface area contributed by atoms with Gasteiger partial charge in [-0.2, -0.15) is 0 Å². The summed E-state index contributed by atoms with van der Waals surface area (Å²) in [7, 11) is 0. The molecule has 0 fully saturated rings. The lowest BCUT2D eigenvalue weighted by molar-refractivity contribution is -0.130. The number of benzene rings is 1. The largest absolute Gasteiger partial charge is 0.376 e. The van der Waals surface area contributed by atoms with Crippen molar-refractivity contribution in [2.45, 2.75) is 19.9 Å². The van der Waals surface area contributed by atoms with Gasteiger partial charge in [-0.15, -0.1) is 11.3 Å². The van der Waals surface area contributed by atoms with Crippen LogP contribution in [0.15, 0.2) is 29.6 Å². The lowest BCUT2D eigenvalue weighted by atomic mass is 10.1. The summed E-state index contributed by atoms with van der Waals surface area (Å²) in [4.78, 5) is 15.7. The van der Waals surface area contributed by atoms with Gasteiger partial charge in [-0.1, -0.05) is 17.7 Å². The number of amides is 1. The molecule has 2 aromatic rings. The number of hydrogen-bond acceptors (Lipinski definition) is 3. The summed E-state index contributed by atoms with van der Waals surface area (Å²) in [6, 6.07) is 7.78. The van der Waals surface area contributed by atoms with Crippen molar-refractivity contribution < 1.29 is 4.79 Å². The fraction of sp³-hybridized carbons (Fsp3) is 0.312. The molecule has 0 saturated carbocycles. The standard InChI is InChI=1S/C16H17ClN2OS/c1-11-2-3-13(17)8-14(11)18-9-16(20)19-6-4-15-12(10-19)5-7-21-15/h2-3,5,7-8,18H,4,6,9-10H2,1H3. The number of nitrogens with one attached hydrogen (secondary N) is 1. The first-order chi connectivity index (χ1) is 10.1. The predicted molar refractivity (Wildman–Crippen MR) is 88.1 cm³/mol. The number of aryl methyl sites for hydroxylation is 1. The van der Waals surface area contributed by atoms with Crippen molar-refractivity contribution in [3.63, 3.8) is 0 Å². The molecule has 0 spiro atoms. The monoisotopic (exact) mass is 320 g/mol. The van der Waals surface area contributed by atoms with E-state index in [4.69, 9.17) is 11.6 Å². The highest BCUT2D eigenvalue weighted by atomic mass is 35.5. The molecule has 0 atom stereocenters. The van der Waals surface area contributed by atoms with E-state index >= 15 is 0 Å². The molecule has 21 heavy (non-hydrogen) atoms. The van der Waals surface area contributed by atoms with Gasteiger partial charge in [-0.3, -0.25) is 4.79 Å². The molecule has 1 aliphatic rings. The van der Waals surface area contributed by atoms with E-state index < -0.39 is 0 Å². The summed E-state index contributed by atoms with van der Waals surface area (Å²) in [5.74, 6) is 0.131. The maximum Gasteiger partial charge on any atom is 0.242 e. The number of hydrogen-bond donors (Lipinski definition) is 1. The first-order valence-corrected chi connectivity index (χ1v) is 8.22. The molecule has 110 valence electrons. The molecule has 3 nitrogen and oxygen atoms in total. The van der Waals surface area contributed by atoms with Gasteiger partial charge in [0.25, 0.3) is 0 Å². The highest BCUT2D eigenvalue weighted by molar-refractivity contribution is 7.10. The Labute approximate surface area is 133 Å². The van der Waals surface area contributed by atoms with E-state index in [1.165, 1.54) is 10.4 Å². The van der Waals surface area contributed by atoms with Gasteiger partial charge in [0, 0.05) is 28.7 Å². The van der Waals surface area contributed by atoms with Crippen LogP contribution in [-0.2, 0) is 17.8 Å². The van der Waals surface area contributed by atoms with Gasteiger partial charge in [0.2, 0.25) is 5.91 Å². The second-order valence-corrected chi connectivity index (χ2v) is 6.68. The molecular weight excluding hydrogens is 304 g/mol. The summed E-state index contributed by atoms with van der Waals surface area (Å²) in [5.41, 5.74) is 3.30. The van der Waals surface area contributed by atoms with Gasteiger partial charge in [0.15, 0.2) is 0 Å². The normalized spacial score (nSPS) is 13.9. The van der Waals surface area contributed by atoms with Crippen LogP contribution in [0.5, 0.6) is 0 Å². The van der Waals surface area contributed by atoms with Gasteiger partial charge >= 0.3 is 0 Å². The molecule has 1 aromatic heterocycles. The lowest BCUT2D eigenvalue weighted by Gasteiger charge is -2.27. The van der Waals surface area contributed by atoms with Crippen LogP contribution in [0, 0.1) is 6.92 Å². The van der Waals surface area contributed by atoms with Gasteiger partial charge in [0.1, 0.15) is 0 Å². The number of carbonyl (C=O) groups is 1. The van der Waals surface area contributed by atoms with E-state index in [1.807, 2.05) is 30.0 Å². The summed E-state index contributed by atoms with van der Waals surface area (Å²) in [6.45, 7) is 3.85. The Hall–Kier alpha value is -1.52. The van der Waals surface area contributed by atoms with E-state index in [2.05, 4.69) is 16.8 Å². The van der Waals surface area contributed by atoms with Crippen LogP contribution in [0.2, 0.25) is 5.02 Å². The minimum absolute atomic E-state index is 0.131. The zero-order chi connectivity index (χ0) is 14.8. The summed E-state index contributed by atoms with van der Waals surface area (Å²) in [5, 5.41) is 5.98. The maximum absolute atomic E-state index is 12.3. The van der Waals surface area contributed by atoms with Crippen molar-refractivity contribution in [1.29, 1.82) is 0 Å². The third-order valence-corrected chi connectivity index (χ3v) is 5.05. The lowest BCUT2D eigenvalue weighted by Crippen LogP contribution is -2.38. The molecule has 1 amide bonds. The number of thiophene rings is 1. The molecular formula is C16H17ClN2OS. The molecule has 0 aliphatic carbocycles. The Morgan fingerprint density at radius 3 is 3.14 bits per heavy atom. The molecule has 3 rings (SSSR count). The van der Waals surface area contributed by atoms with Crippen LogP contribution in [0.25, 0.3) is 0 Å². The second kappa shape index (κ2) is 6.08. The zero-order valence-electron chi connectivity index (χ0n) is 11.9. The third-order valence-electron chi connectivity index (χ3n) is 3.79. The number of fused-ring (bicyclic) bond motifs is 1. The average Bonchev–Trinajstić information content (AvgIpc) is 2.95. The van der Waals surface area contributed by atoms with Crippen molar-refractivity contribution in [1.82, 2.24) is 4.90 Å². The Morgan fingerprint density at radius 2 is 2.29 bits per heavy atom. The first-order valence-electron chi connectivity index (χ1n) is 6.96. The van der Waals surface area contributed by atoms with Crippen LogP contribution < -0.4 is 5.32 Å². The average molecular weight is 321 g/mol. The molecule has 2 heterocycles. The van der Waals surface area contributed by atoms with Crippen molar-refractivity contribution in [3.8, 4) is 0 Å². The molecule has 0 radical (unpaired) electrons. The number of carbonyl (C=O) groups excluding carboxylic acids is 1. The van der Waals surface area contributed by atoms with E-state index in [0.717, 1.165) is 30.8 Å². The minimum Gasteiger partial charge on any atom is -0.376 e. The molecule has 1 aliphatic heterocycles. The molecule has 0 bridgehead atoms. The summed E-state index contributed by atoms with van der Waals surface area (Å²) in [6.07, 6.45) is 0.967. The summed E-state index contributed by atoms with van der Waals surface area (Å²) >= 11 is 7.78. The quantitative estimate of drug-likeness (QED) is 0.935. The van der Waals surface area contributed by atoms with Crippen LogP contribution in [0.1, 0.15) is 16.0 Å². The van der Waals surface area contributed by atoms with E-state index in [-0.39, 0.29) is 5.91 Å². The highest BCUT2D eigenvalue weighted by Crippen LogP contribution is 2.24. The Kier molecular flexibility index (Phi) is 4.17. The van der Waals surface area contributed by atoms with Crippen LogP contribution in [0.4, 0.5) is 5.69 Å². The SMILES string of the molecule is Cc1ccc(Cl)cc1NCC(=O)N1CCc2sccc2C1. The zero-order valence-corrected chi connectivity index (χ0v) is 13.4. The number of halogens is 1. The third kappa shape index (κ3) is 3.22. The number of anilines is 1. The smallest absolute Gasteiger partial charge is 0.242 e. The Balaban J connectivity index is 1.61. The molecule has 0 unspecified atom stereocenters. The Morgan fingerprint density at radius 1 is 1.43 bits per heavy atom. The summed E-state index contributed by atoms with van der Waals surface area (Å²) < 4.78 is 0. The fourth-order valence-corrected chi connectivity index (χ4v) is 3.59. The van der Waals surface area contributed by atoms with E-state index in [0.29, 0.717) is 11.6 Å². The fourth-order valence-electron chi connectivity index (χ4n) is 2.53. The van der Waals surface area contributed by atoms with Gasteiger partial charge in [-0.25, -0.2) is 0 Å². The van der Waals surface area contributed by atoms with Crippen molar-refractivity contribution in [2.75, 3.05) is 18.4 Å². The van der Waals surface area contributed by atoms with E-state index in [9.17, 15) is 4.79 Å². The molecule has 0 saturated heterocycles. The van der Waals surface area contributed by atoms with Crippen LogP contribution in [-0.4, -0.2) is 23.9 Å². The van der Waals surface area contributed by atoms with Gasteiger partial charge < -0.3 is 10.2 Å². The van der Waals surface area contributed by atoms with E-state index in [1.54, 1.807) is 11.3 Å². The topological polar surface area (TPSA) is 32.3 Å². The number of rotatable bonds is 3. The Bertz CT molecular complexity index is 668. The molecule has 5 heteroatoms. The molecule has 1 aromatic carbocycles. The number of nitrogens with zero attached hydrogens (tertiary/aromatic N) is 1. The minimum atomic E-state index is 0.131. The highest BCUT2D eigenvalue weighted by Gasteiger charge is 2.21. The van der Waals surface area contributed by atoms with Crippen LogP contribution in [0.3, 0.4) is 0 Å². The first kappa shape index (κ1) is 14.4.